The summed E-state index contributed by atoms with van der Waals surface area (Å²) >= 11 is 0. The van der Waals surface area contributed by atoms with Crippen molar-refractivity contribution in [2.75, 3.05) is 39.6 Å². The molecule has 0 aliphatic rings. The first-order valence-corrected chi connectivity index (χ1v) is 48.7. The van der Waals surface area contributed by atoms with Crippen LogP contribution in [0, 0.1) is 23.7 Å². The van der Waals surface area contributed by atoms with Gasteiger partial charge in [0.05, 0.1) is 26.4 Å². The van der Waals surface area contributed by atoms with E-state index in [4.69, 9.17) is 37.0 Å². The molecule has 6 atom stereocenters. The molecule has 0 fully saturated rings. The average Bonchev–Trinajstić information content (AvgIpc) is 0.900. The van der Waals surface area contributed by atoms with E-state index in [1.165, 1.54) is 263 Å². The van der Waals surface area contributed by atoms with Crippen molar-refractivity contribution in [3.05, 3.63) is 0 Å². The maximum absolute atomic E-state index is 13.2. The zero-order chi connectivity index (χ0) is 79.5. The van der Waals surface area contributed by atoms with Gasteiger partial charge >= 0.3 is 39.5 Å². The van der Waals surface area contributed by atoms with Gasteiger partial charge in [-0.05, 0) is 49.4 Å². The summed E-state index contributed by atoms with van der Waals surface area (Å²) in [6, 6.07) is 0. The fourth-order valence-electron chi connectivity index (χ4n) is 13.8. The molecule has 0 radical (unpaired) electrons. The van der Waals surface area contributed by atoms with Gasteiger partial charge in [0.25, 0.3) is 0 Å². The van der Waals surface area contributed by atoms with Crippen LogP contribution >= 0.6 is 15.6 Å². The SMILES string of the molecule is CCC(C)CCCCCCCCCCCCCCCCCCCCC(=O)O[C@H](COC(=O)CCCCCCCCC(C)C)COP(=O)(O)OC[C@H](O)COP(=O)(O)OC[C@@H](COC(=O)CCCCCCCCCCCCCCCCCCCCC(C)C)OC(=O)CCCCCCCCCCCCCCCC(C)C. The molecule has 0 heterocycles. The third kappa shape index (κ3) is 80.7. The summed E-state index contributed by atoms with van der Waals surface area (Å²) in [6.45, 7) is 14.3. The highest BCUT2D eigenvalue weighted by Crippen LogP contribution is 2.45. The molecule has 0 aliphatic carbocycles. The van der Waals surface area contributed by atoms with E-state index < -0.39 is 97.5 Å². The van der Waals surface area contributed by atoms with Gasteiger partial charge in [0, 0.05) is 25.7 Å². The average molecular weight is 1580 g/mol. The Labute approximate surface area is 664 Å². The van der Waals surface area contributed by atoms with Crippen LogP contribution in [-0.4, -0.2) is 96.7 Å². The Morgan fingerprint density at radius 3 is 0.657 bits per heavy atom. The van der Waals surface area contributed by atoms with Gasteiger partial charge in [-0.2, -0.15) is 0 Å². The van der Waals surface area contributed by atoms with Crippen LogP contribution in [-0.2, 0) is 65.4 Å². The molecule has 3 unspecified atom stereocenters. The Balaban J connectivity index is 5.17. The number of phosphoric ester groups is 2. The first-order valence-electron chi connectivity index (χ1n) is 45.7. The van der Waals surface area contributed by atoms with Crippen molar-refractivity contribution in [1.29, 1.82) is 0 Å². The summed E-state index contributed by atoms with van der Waals surface area (Å²) in [5.74, 6) is 1.05. The van der Waals surface area contributed by atoms with E-state index in [-0.39, 0.29) is 25.7 Å². The van der Waals surface area contributed by atoms with Crippen molar-refractivity contribution in [2.45, 2.75) is 485 Å². The van der Waals surface area contributed by atoms with Gasteiger partial charge in [-0.15, -0.1) is 0 Å². The summed E-state index contributed by atoms with van der Waals surface area (Å²) in [6.07, 6.45) is 68.3. The highest BCUT2D eigenvalue weighted by molar-refractivity contribution is 7.47. The van der Waals surface area contributed by atoms with Crippen molar-refractivity contribution in [3.63, 3.8) is 0 Å². The Kier molecular flexibility index (Phi) is 76.2. The Morgan fingerprint density at radius 1 is 0.259 bits per heavy atom. The van der Waals surface area contributed by atoms with E-state index in [0.29, 0.717) is 31.6 Å². The van der Waals surface area contributed by atoms with Crippen LogP contribution in [0.1, 0.15) is 466 Å². The lowest BCUT2D eigenvalue weighted by atomic mass is 9.99. The smallest absolute Gasteiger partial charge is 0.462 e. The molecule has 0 saturated heterocycles. The van der Waals surface area contributed by atoms with Crippen LogP contribution in [0.25, 0.3) is 0 Å². The van der Waals surface area contributed by atoms with E-state index in [1.54, 1.807) is 0 Å². The minimum Gasteiger partial charge on any atom is -0.462 e. The summed E-state index contributed by atoms with van der Waals surface area (Å²) in [5.41, 5.74) is 0. The zero-order valence-corrected chi connectivity index (χ0v) is 73.3. The molecule has 0 aromatic carbocycles. The number of esters is 4. The molecule has 17 nitrogen and oxygen atoms in total. The first kappa shape index (κ1) is 106. The zero-order valence-electron chi connectivity index (χ0n) is 71.5. The highest BCUT2D eigenvalue weighted by Gasteiger charge is 2.31. The molecule has 3 N–H and O–H groups in total. The molecule has 0 amide bonds. The van der Waals surface area contributed by atoms with Crippen molar-refractivity contribution < 1.29 is 80.2 Å². The van der Waals surface area contributed by atoms with Crippen molar-refractivity contribution in [3.8, 4) is 0 Å². The van der Waals surface area contributed by atoms with Crippen LogP contribution in [0.2, 0.25) is 0 Å². The molecule has 0 saturated carbocycles. The predicted octanol–water partition coefficient (Wildman–Crippen LogP) is 27.1. The minimum atomic E-state index is -4.97. The van der Waals surface area contributed by atoms with Crippen LogP contribution in [0.5, 0.6) is 0 Å². The fraction of sp³-hybridized carbons (Fsp3) is 0.955. The number of aliphatic hydroxyl groups excluding tert-OH is 1. The Bertz CT molecular complexity index is 2100. The summed E-state index contributed by atoms with van der Waals surface area (Å²) < 4.78 is 68.9. The van der Waals surface area contributed by atoms with Crippen molar-refractivity contribution in [2.24, 2.45) is 23.7 Å². The van der Waals surface area contributed by atoms with Gasteiger partial charge in [-0.1, -0.05) is 415 Å². The fourth-order valence-corrected chi connectivity index (χ4v) is 15.4. The van der Waals surface area contributed by atoms with Gasteiger partial charge in [-0.25, -0.2) is 9.13 Å². The van der Waals surface area contributed by atoms with Crippen molar-refractivity contribution in [1.82, 2.24) is 0 Å². The normalized spacial score (nSPS) is 14.1. The first-order chi connectivity index (χ1) is 52.1. The number of hydrogen-bond donors (Lipinski definition) is 3. The molecule has 0 spiro atoms. The standard InChI is InChI=1S/C89H174O17P2/c1-9-82(8)68-60-52-43-37-31-25-19-15-11-13-17-21-27-33-39-45-55-63-71-89(94)106-85(76-100-87(92)70-62-54-48-47-51-59-67-81(6)7)78-104-108(97,98)102-74-83(90)73-101-107(95,96)103-77-84(105-88(93)72-64-56-46-40-34-28-22-24-30-36-42-50-58-66-80(4)5)75-99-86(91)69-61-53-44-38-32-26-20-16-12-10-14-18-23-29-35-41-49-57-65-79(2)3/h79-85,90H,9-78H2,1-8H3,(H,95,96)(H,97,98)/t82?,83-,84-,85-/m1/s1. The summed E-state index contributed by atoms with van der Waals surface area (Å²) in [5, 5.41) is 10.7. The molecule has 19 heteroatoms. The number of aliphatic hydroxyl groups is 1. The Hall–Kier alpha value is -1.94. The number of rotatable bonds is 86. The minimum absolute atomic E-state index is 0.107. The molecule has 0 aliphatic heterocycles. The second-order valence-corrected chi connectivity index (χ2v) is 36.6. The van der Waals surface area contributed by atoms with E-state index in [2.05, 4.69) is 55.4 Å². The molecule has 108 heavy (non-hydrogen) atoms. The molecular weight excluding hydrogens is 1400 g/mol. The molecule has 0 aromatic heterocycles. The van der Waals surface area contributed by atoms with Crippen LogP contribution in [0.4, 0.5) is 0 Å². The third-order valence-corrected chi connectivity index (χ3v) is 23.1. The second-order valence-electron chi connectivity index (χ2n) is 33.7. The number of carbonyl (C=O) groups is 4. The quantitative estimate of drug-likeness (QED) is 0.0222. The lowest BCUT2D eigenvalue weighted by Gasteiger charge is -2.21. The summed E-state index contributed by atoms with van der Waals surface area (Å²) in [4.78, 5) is 73.3. The van der Waals surface area contributed by atoms with Gasteiger partial charge in [0.15, 0.2) is 12.2 Å². The maximum Gasteiger partial charge on any atom is 0.472 e. The van der Waals surface area contributed by atoms with E-state index in [0.717, 1.165) is 114 Å². The monoisotopic (exact) mass is 1580 g/mol. The molecule has 0 bridgehead atoms. The van der Waals surface area contributed by atoms with Crippen LogP contribution < -0.4 is 0 Å². The van der Waals surface area contributed by atoms with Crippen molar-refractivity contribution >= 4 is 39.5 Å². The Morgan fingerprint density at radius 2 is 0.444 bits per heavy atom. The number of phosphoric acid groups is 2. The molecule has 642 valence electrons. The van der Waals surface area contributed by atoms with Gasteiger partial charge in [0.1, 0.15) is 19.3 Å². The summed E-state index contributed by atoms with van der Waals surface area (Å²) in [7, 11) is -9.93. The molecular formula is C89H174O17P2. The topological polar surface area (TPSA) is 237 Å². The molecule has 0 aromatic rings. The van der Waals surface area contributed by atoms with E-state index in [9.17, 15) is 43.2 Å². The maximum atomic E-state index is 13.2. The second kappa shape index (κ2) is 77.6. The largest absolute Gasteiger partial charge is 0.472 e. The number of unbranched alkanes of at least 4 members (excludes halogenated alkanes) is 51. The lowest BCUT2D eigenvalue weighted by Crippen LogP contribution is -2.30. The number of carbonyl (C=O) groups excluding carboxylic acids is 4. The number of hydrogen-bond acceptors (Lipinski definition) is 15. The van der Waals surface area contributed by atoms with Crippen LogP contribution in [0.3, 0.4) is 0 Å². The predicted molar refractivity (Wildman–Crippen MR) is 446 cm³/mol. The van der Waals surface area contributed by atoms with Gasteiger partial charge in [0.2, 0.25) is 0 Å². The third-order valence-electron chi connectivity index (χ3n) is 21.2. The van der Waals surface area contributed by atoms with E-state index in [1.807, 2.05) is 0 Å². The highest BCUT2D eigenvalue weighted by atomic mass is 31.2. The molecule has 0 rings (SSSR count). The van der Waals surface area contributed by atoms with E-state index >= 15 is 0 Å². The lowest BCUT2D eigenvalue weighted by molar-refractivity contribution is -0.161. The number of ether oxygens (including phenoxy) is 4. The van der Waals surface area contributed by atoms with Gasteiger partial charge in [-0.3, -0.25) is 37.3 Å². The van der Waals surface area contributed by atoms with Gasteiger partial charge < -0.3 is 33.8 Å². The van der Waals surface area contributed by atoms with Crippen LogP contribution in [0.15, 0.2) is 0 Å².